The van der Waals surface area contributed by atoms with Gasteiger partial charge in [-0.05, 0) is 23.6 Å². The van der Waals surface area contributed by atoms with Gasteiger partial charge in [-0.25, -0.2) is 12.8 Å². The number of sulfonamides is 1. The summed E-state index contributed by atoms with van der Waals surface area (Å²) in [6.07, 6.45) is -0.745. The summed E-state index contributed by atoms with van der Waals surface area (Å²) in [5, 5.41) is 11.9. The lowest BCUT2D eigenvalue weighted by atomic mass is 10.3. The average Bonchev–Trinajstić information content (AvgIpc) is 3.17. The van der Waals surface area contributed by atoms with Crippen molar-refractivity contribution in [1.82, 2.24) is 4.31 Å². The van der Waals surface area contributed by atoms with Gasteiger partial charge in [-0.1, -0.05) is 18.2 Å². The van der Waals surface area contributed by atoms with E-state index in [9.17, 15) is 17.9 Å². The van der Waals surface area contributed by atoms with Gasteiger partial charge in [0.25, 0.3) is 10.0 Å². The second-order valence-electron chi connectivity index (χ2n) is 6.19. The number of quaternary nitrogens is 1. The van der Waals surface area contributed by atoms with Crippen LogP contribution in [0.4, 0.5) is 4.39 Å². The molecule has 26 heavy (non-hydrogen) atoms. The zero-order valence-electron chi connectivity index (χ0n) is 14.2. The van der Waals surface area contributed by atoms with Crippen LogP contribution in [0.15, 0.2) is 46.0 Å². The van der Waals surface area contributed by atoms with Gasteiger partial charge in [-0.15, -0.1) is 11.3 Å². The minimum absolute atomic E-state index is 0.00163. The summed E-state index contributed by atoms with van der Waals surface area (Å²) in [5.74, 6) is -0.340. The van der Waals surface area contributed by atoms with E-state index in [1.165, 1.54) is 27.8 Å². The smallest absolute Gasteiger partial charge is 0.252 e. The number of aliphatic hydroxyl groups is 1. The maximum Gasteiger partial charge on any atom is 0.252 e. The highest BCUT2D eigenvalue weighted by Gasteiger charge is 2.31. The Morgan fingerprint density at radius 1 is 1.23 bits per heavy atom. The minimum Gasteiger partial charge on any atom is -0.488 e. The molecular formula is C17H22FN2O4S2+. The fourth-order valence-corrected chi connectivity index (χ4v) is 5.51. The van der Waals surface area contributed by atoms with E-state index in [2.05, 4.69) is 0 Å². The second kappa shape index (κ2) is 8.45. The molecule has 1 atom stereocenters. The predicted molar refractivity (Wildman–Crippen MR) is 96.5 cm³/mol. The molecule has 1 aliphatic rings. The molecule has 2 N–H and O–H groups in total. The molecule has 1 aromatic carbocycles. The molecule has 2 heterocycles. The monoisotopic (exact) mass is 401 g/mol. The van der Waals surface area contributed by atoms with E-state index in [-0.39, 0.29) is 12.4 Å². The van der Waals surface area contributed by atoms with Crippen LogP contribution in [0.2, 0.25) is 0 Å². The number of thiophene rings is 1. The van der Waals surface area contributed by atoms with Crippen molar-refractivity contribution in [1.29, 1.82) is 0 Å². The molecule has 1 aliphatic heterocycles. The molecule has 1 fully saturated rings. The summed E-state index contributed by atoms with van der Waals surface area (Å²) in [6.45, 7) is 2.48. The number of halogens is 1. The Kier molecular flexibility index (Phi) is 6.25. The molecule has 0 radical (unpaired) electrons. The Labute approximate surface area is 156 Å². The maximum atomic E-state index is 13.5. The van der Waals surface area contributed by atoms with Crippen molar-refractivity contribution in [2.45, 2.75) is 10.3 Å². The topological polar surface area (TPSA) is 71.3 Å². The van der Waals surface area contributed by atoms with Crippen LogP contribution in [-0.4, -0.2) is 63.3 Å². The highest BCUT2D eigenvalue weighted by Crippen LogP contribution is 2.20. The van der Waals surface area contributed by atoms with E-state index in [4.69, 9.17) is 4.74 Å². The number of piperazine rings is 1. The Hall–Kier alpha value is -1.52. The van der Waals surface area contributed by atoms with Gasteiger partial charge in [-0.2, -0.15) is 4.31 Å². The van der Waals surface area contributed by atoms with Crippen molar-refractivity contribution < 1.29 is 27.6 Å². The molecule has 9 heteroatoms. The third-order valence-electron chi connectivity index (χ3n) is 4.31. The summed E-state index contributed by atoms with van der Waals surface area (Å²) < 4.78 is 45.7. The van der Waals surface area contributed by atoms with Gasteiger partial charge in [0.2, 0.25) is 0 Å². The molecule has 0 spiro atoms. The molecule has 0 amide bonds. The Morgan fingerprint density at radius 3 is 2.62 bits per heavy atom. The first kappa shape index (κ1) is 19.2. The van der Waals surface area contributed by atoms with Crippen molar-refractivity contribution in [2.24, 2.45) is 0 Å². The van der Waals surface area contributed by atoms with Crippen LogP contribution < -0.4 is 9.64 Å². The van der Waals surface area contributed by atoms with Crippen molar-refractivity contribution in [3.63, 3.8) is 0 Å². The van der Waals surface area contributed by atoms with E-state index >= 15 is 0 Å². The van der Waals surface area contributed by atoms with Crippen LogP contribution in [0.1, 0.15) is 0 Å². The molecule has 6 nitrogen and oxygen atoms in total. The van der Waals surface area contributed by atoms with Gasteiger partial charge < -0.3 is 14.7 Å². The standard InChI is InChI=1S/C17H21FN2O4S2/c18-15-4-1-2-5-16(15)24-13-14(21)12-19-7-9-20(10-8-19)26(22,23)17-6-3-11-25-17/h1-6,11,14,21H,7-10,12-13H2/p+1/t14-/m0/s1. The van der Waals surface area contributed by atoms with Crippen LogP contribution in [0, 0.1) is 5.82 Å². The lowest BCUT2D eigenvalue weighted by Gasteiger charge is -2.32. The minimum atomic E-state index is -3.41. The number of nitrogens with zero attached hydrogens (tertiary/aromatic N) is 1. The predicted octanol–water partition coefficient (Wildman–Crippen LogP) is 0.216. The van der Waals surface area contributed by atoms with E-state index in [1.807, 2.05) is 0 Å². The third kappa shape index (κ3) is 4.60. The van der Waals surface area contributed by atoms with Crippen molar-refractivity contribution in [3.05, 3.63) is 47.6 Å². The van der Waals surface area contributed by atoms with Crippen molar-refractivity contribution in [3.8, 4) is 5.75 Å². The Bertz CT molecular complexity index is 806. The first-order valence-electron chi connectivity index (χ1n) is 8.39. The lowest BCUT2D eigenvalue weighted by molar-refractivity contribution is -0.906. The van der Waals surface area contributed by atoms with Crippen molar-refractivity contribution in [2.75, 3.05) is 39.3 Å². The quantitative estimate of drug-likeness (QED) is 0.696. The number of hydrogen-bond acceptors (Lipinski definition) is 5. The van der Waals surface area contributed by atoms with Gasteiger partial charge in [-0.3, -0.25) is 0 Å². The largest absolute Gasteiger partial charge is 0.488 e. The van der Waals surface area contributed by atoms with E-state index in [1.54, 1.807) is 29.6 Å². The summed E-state index contributed by atoms with van der Waals surface area (Å²) in [4.78, 5) is 1.10. The Morgan fingerprint density at radius 2 is 1.96 bits per heavy atom. The first-order chi connectivity index (χ1) is 12.5. The molecule has 1 aromatic heterocycles. The third-order valence-corrected chi connectivity index (χ3v) is 7.58. The molecule has 3 rings (SSSR count). The molecular weight excluding hydrogens is 379 g/mol. The van der Waals surface area contributed by atoms with Gasteiger partial charge in [0.1, 0.15) is 23.5 Å². The normalized spacial score (nSPS) is 17.9. The molecule has 1 saturated heterocycles. The van der Waals surface area contributed by atoms with Crippen LogP contribution in [-0.2, 0) is 10.0 Å². The number of para-hydroxylation sites is 1. The molecule has 2 aromatic rings. The van der Waals surface area contributed by atoms with Crippen LogP contribution in [0.3, 0.4) is 0 Å². The van der Waals surface area contributed by atoms with E-state index in [0.717, 1.165) is 4.90 Å². The molecule has 0 bridgehead atoms. The fourth-order valence-electron chi connectivity index (χ4n) is 2.92. The molecule has 0 aliphatic carbocycles. The zero-order valence-corrected chi connectivity index (χ0v) is 15.8. The lowest BCUT2D eigenvalue weighted by Crippen LogP contribution is -3.15. The summed E-state index contributed by atoms with van der Waals surface area (Å²) in [5.41, 5.74) is 0. The maximum absolute atomic E-state index is 13.5. The van der Waals surface area contributed by atoms with Gasteiger partial charge in [0.05, 0.1) is 26.2 Å². The van der Waals surface area contributed by atoms with Crippen LogP contribution >= 0.6 is 11.3 Å². The summed E-state index contributed by atoms with van der Waals surface area (Å²) in [7, 11) is -3.41. The summed E-state index contributed by atoms with van der Waals surface area (Å²) >= 11 is 1.22. The van der Waals surface area contributed by atoms with E-state index in [0.29, 0.717) is 36.9 Å². The van der Waals surface area contributed by atoms with Gasteiger partial charge in [0, 0.05) is 0 Å². The summed E-state index contributed by atoms with van der Waals surface area (Å²) in [6, 6.07) is 9.41. The zero-order chi connectivity index (χ0) is 18.6. The van der Waals surface area contributed by atoms with Crippen LogP contribution in [0.25, 0.3) is 0 Å². The first-order valence-corrected chi connectivity index (χ1v) is 10.7. The molecule has 0 saturated carbocycles. The average molecular weight is 402 g/mol. The fraction of sp³-hybridized carbons (Fsp3) is 0.412. The number of benzene rings is 1. The van der Waals surface area contributed by atoms with Crippen LogP contribution in [0.5, 0.6) is 5.75 Å². The number of aliphatic hydroxyl groups excluding tert-OH is 1. The second-order valence-corrected chi connectivity index (χ2v) is 9.30. The van der Waals surface area contributed by atoms with E-state index < -0.39 is 21.9 Å². The Balaban J connectivity index is 1.46. The molecule has 142 valence electrons. The van der Waals surface area contributed by atoms with Gasteiger partial charge >= 0.3 is 0 Å². The highest BCUT2D eigenvalue weighted by molar-refractivity contribution is 7.91. The molecule has 0 unspecified atom stereocenters. The SMILES string of the molecule is O=S(=O)(c1cccs1)N1CC[NH+](C[C@H](O)COc2ccccc2F)CC1. The number of ether oxygens (including phenoxy) is 1. The number of hydrogen-bond donors (Lipinski definition) is 2. The van der Waals surface area contributed by atoms with Crippen molar-refractivity contribution >= 4 is 21.4 Å². The number of rotatable bonds is 7. The number of nitrogens with one attached hydrogen (secondary N) is 1. The highest BCUT2D eigenvalue weighted by atomic mass is 32.2. The van der Waals surface area contributed by atoms with Gasteiger partial charge in [0.15, 0.2) is 11.6 Å².